The fraction of sp³-hybridized carbons (Fsp3) is 0.263. The average molecular weight is 438 g/mol. The number of ether oxygens (including phenoxy) is 1. The van der Waals surface area contributed by atoms with Crippen LogP contribution in [0.4, 0.5) is 13.2 Å². The quantitative estimate of drug-likeness (QED) is 0.658. The number of sulfonamides is 1. The van der Waals surface area contributed by atoms with Crippen molar-refractivity contribution in [1.82, 2.24) is 19.5 Å². The van der Waals surface area contributed by atoms with Crippen molar-refractivity contribution in [1.29, 1.82) is 0 Å². The molecule has 1 aliphatic rings. The van der Waals surface area contributed by atoms with E-state index in [1.165, 1.54) is 25.2 Å². The topological polar surface area (TPSA) is 86.1 Å². The van der Waals surface area contributed by atoms with Gasteiger partial charge in [0.2, 0.25) is 15.9 Å². The van der Waals surface area contributed by atoms with Gasteiger partial charge in [0, 0.05) is 12.2 Å². The van der Waals surface area contributed by atoms with Crippen molar-refractivity contribution in [3.63, 3.8) is 0 Å². The molecule has 0 saturated carbocycles. The van der Waals surface area contributed by atoms with Crippen molar-refractivity contribution in [2.24, 2.45) is 0 Å². The third-order valence-electron chi connectivity index (χ3n) is 4.74. The van der Waals surface area contributed by atoms with Crippen LogP contribution >= 0.6 is 0 Å². The number of alkyl halides is 3. The number of pyridine rings is 1. The van der Waals surface area contributed by atoms with Crippen LogP contribution in [0.15, 0.2) is 47.5 Å². The van der Waals surface area contributed by atoms with Crippen LogP contribution in [0.5, 0.6) is 11.6 Å². The molecule has 11 heteroatoms. The van der Waals surface area contributed by atoms with Gasteiger partial charge in [-0.3, -0.25) is 4.68 Å². The lowest BCUT2D eigenvalue weighted by Crippen LogP contribution is -2.18. The first kappa shape index (κ1) is 20.4. The highest BCUT2D eigenvalue weighted by molar-refractivity contribution is 7.89. The number of aryl methyl sites for hydroxylation is 2. The molecule has 1 aromatic carbocycles. The van der Waals surface area contributed by atoms with E-state index < -0.39 is 21.8 Å². The van der Waals surface area contributed by atoms with Gasteiger partial charge in [0.15, 0.2) is 0 Å². The van der Waals surface area contributed by atoms with Crippen molar-refractivity contribution < 1.29 is 26.3 Å². The molecule has 1 N–H and O–H groups in total. The van der Waals surface area contributed by atoms with Gasteiger partial charge in [-0.25, -0.2) is 18.1 Å². The molecule has 3 heterocycles. The van der Waals surface area contributed by atoms with Crippen LogP contribution < -0.4 is 9.46 Å². The minimum atomic E-state index is -4.46. The summed E-state index contributed by atoms with van der Waals surface area (Å²) in [7, 11) is -2.48. The maximum Gasteiger partial charge on any atom is 0.416 e. The highest BCUT2D eigenvalue weighted by Gasteiger charge is 2.30. The van der Waals surface area contributed by atoms with Gasteiger partial charge in [-0.05, 0) is 56.3 Å². The zero-order valence-electron chi connectivity index (χ0n) is 15.8. The molecular formula is C19H17F3N4O3S. The molecule has 7 nitrogen and oxygen atoms in total. The fourth-order valence-electron chi connectivity index (χ4n) is 3.18. The predicted molar refractivity (Wildman–Crippen MR) is 102 cm³/mol. The molecule has 0 saturated heterocycles. The number of rotatable bonds is 5. The summed E-state index contributed by atoms with van der Waals surface area (Å²) in [6.45, 7) is 0.756. The Labute approximate surface area is 170 Å². The van der Waals surface area contributed by atoms with Gasteiger partial charge in [0.1, 0.15) is 10.6 Å². The van der Waals surface area contributed by atoms with Crippen LogP contribution in [0, 0.1) is 0 Å². The Bertz CT molecular complexity index is 1170. The van der Waals surface area contributed by atoms with E-state index in [1.807, 2.05) is 10.7 Å². The molecule has 158 valence electrons. The van der Waals surface area contributed by atoms with Gasteiger partial charge in [0.25, 0.3) is 0 Å². The number of halogens is 3. The van der Waals surface area contributed by atoms with E-state index in [9.17, 15) is 21.6 Å². The van der Waals surface area contributed by atoms with Crippen LogP contribution in [-0.4, -0.2) is 30.2 Å². The first-order chi connectivity index (χ1) is 14.2. The van der Waals surface area contributed by atoms with Gasteiger partial charge in [-0.15, -0.1) is 0 Å². The molecule has 0 unspecified atom stereocenters. The molecule has 30 heavy (non-hydrogen) atoms. The lowest BCUT2D eigenvalue weighted by Gasteiger charge is -2.12. The Balaban J connectivity index is 1.75. The third kappa shape index (κ3) is 3.90. The normalized spacial score (nSPS) is 14.0. The summed E-state index contributed by atoms with van der Waals surface area (Å²) in [6.07, 6.45) is -1.51. The average Bonchev–Trinajstić information content (AvgIpc) is 3.30. The summed E-state index contributed by atoms with van der Waals surface area (Å²) in [5, 5.41) is 4.49. The molecule has 0 spiro atoms. The SMILES string of the molecule is CNS(=O)(=O)c1cnc(Oc2ccc(C(F)(F)F)cc2)c(-c2cc3n(n2)CCC3)c1. The molecule has 0 bridgehead atoms. The molecular weight excluding hydrogens is 421 g/mol. The van der Waals surface area contributed by atoms with E-state index in [4.69, 9.17) is 4.74 Å². The maximum atomic E-state index is 12.8. The fourth-order valence-corrected chi connectivity index (χ4v) is 3.88. The van der Waals surface area contributed by atoms with Gasteiger partial charge < -0.3 is 4.74 Å². The Kier molecular flexibility index (Phi) is 5.02. The lowest BCUT2D eigenvalue weighted by molar-refractivity contribution is -0.137. The summed E-state index contributed by atoms with van der Waals surface area (Å²) in [6, 6.07) is 7.38. The number of fused-ring (bicyclic) bond motifs is 1. The largest absolute Gasteiger partial charge is 0.438 e. The van der Waals surface area contributed by atoms with Gasteiger partial charge >= 0.3 is 6.18 Å². The van der Waals surface area contributed by atoms with Gasteiger partial charge in [0.05, 0.1) is 23.0 Å². The summed E-state index contributed by atoms with van der Waals surface area (Å²) in [4.78, 5) is 4.03. The third-order valence-corrected chi connectivity index (χ3v) is 6.12. The smallest absolute Gasteiger partial charge is 0.416 e. The summed E-state index contributed by atoms with van der Waals surface area (Å²) >= 11 is 0. The molecule has 3 aromatic rings. The molecule has 0 fully saturated rings. The highest BCUT2D eigenvalue weighted by atomic mass is 32.2. The van der Waals surface area contributed by atoms with Crippen LogP contribution in [0.25, 0.3) is 11.3 Å². The molecule has 0 aliphatic carbocycles. The zero-order chi connectivity index (χ0) is 21.5. The minimum Gasteiger partial charge on any atom is -0.438 e. The van der Waals surface area contributed by atoms with Gasteiger partial charge in [-0.2, -0.15) is 18.3 Å². The van der Waals surface area contributed by atoms with Crippen molar-refractivity contribution in [2.45, 2.75) is 30.5 Å². The summed E-state index contributed by atoms with van der Waals surface area (Å²) < 4.78 is 72.5. The Morgan fingerprint density at radius 2 is 1.90 bits per heavy atom. The molecule has 0 radical (unpaired) electrons. The van der Waals surface area contributed by atoms with E-state index in [-0.39, 0.29) is 16.5 Å². The molecule has 1 aliphatic heterocycles. The Hall–Kier alpha value is -2.92. The van der Waals surface area contributed by atoms with Gasteiger partial charge in [-0.1, -0.05) is 0 Å². The zero-order valence-corrected chi connectivity index (χ0v) is 16.6. The number of hydrogen-bond acceptors (Lipinski definition) is 5. The highest BCUT2D eigenvalue weighted by Crippen LogP contribution is 2.35. The first-order valence-corrected chi connectivity index (χ1v) is 10.5. The van der Waals surface area contributed by atoms with Crippen LogP contribution in [0.2, 0.25) is 0 Å². The second kappa shape index (κ2) is 7.40. The standard InChI is InChI=1S/C19H17F3N4O3S/c1-23-30(27,28)15-10-16(17-9-13-3-2-8-26(13)25-17)18(24-11-15)29-14-6-4-12(5-7-14)19(20,21)22/h4-7,9-11,23H,2-3,8H2,1H3. The first-order valence-electron chi connectivity index (χ1n) is 9.03. The predicted octanol–water partition coefficient (Wildman–Crippen LogP) is 3.61. The van der Waals surface area contributed by atoms with Crippen molar-refractivity contribution in [2.75, 3.05) is 7.05 Å². The van der Waals surface area contributed by atoms with Crippen molar-refractivity contribution >= 4 is 10.0 Å². The van der Waals surface area contributed by atoms with Crippen LogP contribution in [-0.2, 0) is 29.2 Å². The second-order valence-electron chi connectivity index (χ2n) is 6.70. The number of nitrogens with one attached hydrogen (secondary N) is 1. The van der Waals surface area contributed by atoms with Crippen molar-refractivity contribution in [3.05, 3.63) is 53.9 Å². The van der Waals surface area contributed by atoms with Crippen molar-refractivity contribution in [3.8, 4) is 22.9 Å². The molecule has 4 rings (SSSR count). The molecule has 2 aromatic heterocycles. The van der Waals surface area contributed by atoms with E-state index in [2.05, 4.69) is 14.8 Å². The Morgan fingerprint density at radius 3 is 2.53 bits per heavy atom. The molecule has 0 atom stereocenters. The summed E-state index contributed by atoms with van der Waals surface area (Å²) in [5.74, 6) is 0.175. The lowest BCUT2D eigenvalue weighted by atomic mass is 10.1. The van der Waals surface area contributed by atoms with E-state index in [1.54, 1.807) is 0 Å². The number of benzene rings is 1. The minimum absolute atomic E-state index is 0.0431. The van der Waals surface area contributed by atoms with Crippen LogP contribution in [0.1, 0.15) is 17.7 Å². The van der Waals surface area contributed by atoms with E-state index >= 15 is 0 Å². The molecule has 0 amide bonds. The maximum absolute atomic E-state index is 12.8. The Morgan fingerprint density at radius 1 is 1.17 bits per heavy atom. The van der Waals surface area contributed by atoms with E-state index in [0.29, 0.717) is 11.3 Å². The number of aromatic nitrogens is 3. The second-order valence-corrected chi connectivity index (χ2v) is 8.59. The number of nitrogens with zero attached hydrogens (tertiary/aromatic N) is 3. The monoisotopic (exact) mass is 438 g/mol. The summed E-state index contributed by atoms with van der Waals surface area (Å²) in [5.41, 5.74) is 1.01. The number of hydrogen-bond donors (Lipinski definition) is 1. The van der Waals surface area contributed by atoms with Crippen LogP contribution in [0.3, 0.4) is 0 Å². The van der Waals surface area contributed by atoms with E-state index in [0.717, 1.165) is 43.4 Å².